The van der Waals surface area contributed by atoms with Gasteiger partial charge in [-0.3, -0.25) is 0 Å². The average Bonchev–Trinajstić information content (AvgIpc) is 2.65. The minimum atomic E-state index is 0.317. The molecule has 2 heteroatoms. The van der Waals surface area contributed by atoms with Gasteiger partial charge in [-0.15, -0.1) is 11.3 Å². The largest absolute Gasteiger partial charge is 0.135 e. The van der Waals surface area contributed by atoms with E-state index in [-0.39, 0.29) is 0 Å². The van der Waals surface area contributed by atoms with Crippen molar-refractivity contribution in [2.75, 3.05) is 0 Å². The number of hydrogen-bond donors (Lipinski definition) is 0. The molecule has 0 amide bonds. The van der Waals surface area contributed by atoms with E-state index in [1.54, 1.807) is 0 Å². The van der Waals surface area contributed by atoms with E-state index in [2.05, 4.69) is 78.9 Å². The van der Waals surface area contributed by atoms with Crippen LogP contribution < -0.4 is 0 Å². The van der Waals surface area contributed by atoms with E-state index >= 15 is 0 Å². The van der Waals surface area contributed by atoms with Crippen LogP contribution in [0.4, 0.5) is 0 Å². The van der Waals surface area contributed by atoms with Crippen LogP contribution in [0, 0.1) is 0 Å². The number of halogens is 1. The lowest BCUT2D eigenvalue weighted by molar-refractivity contribution is 0.745. The van der Waals surface area contributed by atoms with Gasteiger partial charge >= 0.3 is 0 Å². The molecule has 0 fully saturated rings. The van der Waals surface area contributed by atoms with Crippen LogP contribution in [-0.2, 0) is 6.42 Å². The lowest BCUT2D eigenvalue weighted by atomic mass is 10.0. The molecular formula is C16H15IS. The fourth-order valence-electron chi connectivity index (χ4n) is 2.37. The standard InChI is InChI=1S/C16H15IS/c1-16(2,17)10-11-7-8-15-13(9-11)12-5-3-4-6-14(12)18-15/h3-9H,10H2,1-2H3. The lowest BCUT2D eigenvalue weighted by Crippen LogP contribution is -2.12. The van der Waals surface area contributed by atoms with E-state index in [1.165, 1.54) is 25.7 Å². The Bertz CT molecular complexity index is 704. The Labute approximate surface area is 125 Å². The SMILES string of the molecule is CC(C)(I)Cc1ccc2sc3ccccc3c2c1. The fraction of sp³-hybridized carbons (Fsp3) is 0.250. The smallest absolute Gasteiger partial charge is 0.0355 e. The van der Waals surface area contributed by atoms with Gasteiger partial charge in [-0.1, -0.05) is 60.7 Å². The van der Waals surface area contributed by atoms with Crippen molar-refractivity contribution in [2.24, 2.45) is 0 Å². The molecule has 0 saturated heterocycles. The van der Waals surface area contributed by atoms with Crippen LogP contribution in [0.15, 0.2) is 42.5 Å². The van der Waals surface area contributed by atoms with E-state index in [0.717, 1.165) is 6.42 Å². The number of hydrogen-bond acceptors (Lipinski definition) is 1. The first-order valence-electron chi connectivity index (χ1n) is 6.12. The van der Waals surface area contributed by atoms with Crippen molar-refractivity contribution in [1.82, 2.24) is 0 Å². The second-order valence-electron chi connectivity index (χ2n) is 5.32. The Morgan fingerprint density at radius 2 is 1.72 bits per heavy atom. The molecule has 0 atom stereocenters. The summed E-state index contributed by atoms with van der Waals surface area (Å²) in [5, 5.41) is 2.80. The average molecular weight is 366 g/mol. The van der Waals surface area contributed by atoms with Gasteiger partial charge in [0.25, 0.3) is 0 Å². The lowest BCUT2D eigenvalue weighted by Gasteiger charge is -2.15. The van der Waals surface area contributed by atoms with Gasteiger partial charge in [0.2, 0.25) is 0 Å². The first-order chi connectivity index (χ1) is 8.53. The summed E-state index contributed by atoms with van der Waals surface area (Å²) in [7, 11) is 0. The third-order valence-corrected chi connectivity index (χ3v) is 4.60. The summed E-state index contributed by atoms with van der Waals surface area (Å²) in [6, 6.07) is 15.6. The normalized spacial score (nSPS) is 12.4. The van der Waals surface area contributed by atoms with Crippen LogP contribution in [0.2, 0.25) is 0 Å². The van der Waals surface area contributed by atoms with E-state index < -0.39 is 0 Å². The highest BCUT2D eigenvalue weighted by Gasteiger charge is 2.14. The zero-order valence-corrected chi connectivity index (χ0v) is 13.5. The summed E-state index contributed by atoms with van der Waals surface area (Å²) in [5.41, 5.74) is 1.44. The summed E-state index contributed by atoms with van der Waals surface area (Å²) in [5.74, 6) is 0. The third-order valence-electron chi connectivity index (χ3n) is 3.07. The van der Waals surface area contributed by atoms with Crippen molar-refractivity contribution in [3.05, 3.63) is 48.0 Å². The number of benzene rings is 2. The van der Waals surface area contributed by atoms with Gasteiger partial charge in [0.05, 0.1) is 0 Å². The van der Waals surface area contributed by atoms with Gasteiger partial charge in [0.1, 0.15) is 0 Å². The van der Waals surface area contributed by atoms with Gasteiger partial charge in [-0.25, -0.2) is 0 Å². The Kier molecular flexibility index (Phi) is 3.10. The van der Waals surface area contributed by atoms with E-state index in [0.29, 0.717) is 3.42 Å². The molecule has 2 aromatic carbocycles. The Hall–Kier alpha value is -0.610. The summed E-state index contributed by atoms with van der Waals surface area (Å²) in [4.78, 5) is 0. The molecule has 0 N–H and O–H groups in total. The quantitative estimate of drug-likeness (QED) is 0.397. The minimum Gasteiger partial charge on any atom is -0.135 e. The topological polar surface area (TPSA) is 0 Å². The van der Waals surface area contributed by atoms with Crippen LogP contribution in [0.5, 0.6) is 0 Å². The Balaban J connectivity index is 2.18. The van der Waals surface area contributed by atoms with Gasteiger partial charge < -0.3 is 0 Å². The summed E-state index contributed by atoms with van der Waals surface area (Å²) in [6.07, 6.45) is 1.12. The molecule has 1 heterocycles. The fourth-order valence-corrected chi connectivity index (χ4v) is 3.90. The molecule has 0 unspecified atom stereocenters. The summed E-state index contributed by atoms with van der Waals surface area (Å²) >= 11 is 4.41. The van der Waals surface area contributed by atoms with Crippen molar-refractivity contribution >= 4 is 54.1 Å². The molecule has 0 nitrogen and oxygen atoms in total. The zero-order chi connectivity index (χ0) is 12.8. The Morgan fingerprint density at radius 3 is 2.50 bits per heavy atom. The summed E-state index contributed by atoms with van der Waals surface area (Å²) in [6.45, 7) is 4.56. The molecule has 92 valence electrons. The van der Waals surface area contributed by atoms with Crippen LogP contribution >= 0.6 is 33.9 Å². The molecule has 0 radical (unpaired) electrons. The molecule has 0 spiro atoms. The molecule has 3 rings (SSSR count). The van der Waals surface area contributed by atoms with Crippen LogP contribution in [0.1, 0.15) is 19.4 Å². The van der Waals surface area contributed by atoms with Gasteiger partial charge in [0, 0.05) is 23.6 Å². The first-order valence-corrected chi connectivity index (χ1v) is 8.01. The van der Waals surface area contributed by atoms with Crippen molar-refractivity contribution in [3.63, 3.8) is 0 Å². The van der Waals surface area contributed by atoms with Gasteiger partial charge in [0.15, 0.2) is 0 Å². The molecule has 0 aliphatic carbocycles. The maximum atomic E-state index is 2.52. The molecular weight excluding hydrogens is 351 g/mol. The van der Waals surface area contributed by atoms with Crippen LogP contribution in [0.25, 0.3) is 20.2 Å². The van der Waals surface area contributed by atoms with Crippen molar-refractivity contribution in [1.29, 1.82) is 0 Å². The molecule has 1 aromatic heterocycles. The highest BCUT2D eigenvalue weighted by molar-refractivity contribution is 14.1. The minimum absolute atomic E-state index is 0.317. The molecule has 0 aliphatic heterocycles. The van der Waals surface area contributed by atoms with Crippen molar-refractivity contribution < 1.29 is 0 Å². The van der Waals surface area contributed by atoms with E-state index in [1.807, 2.05) is 11.3 Å². The molecule has 3 aromatic rings. The van der Waals surface area contributed by atoms with E-state index in [4.69, 9.17) is 0 Å². The maximum absolute atomic E-state index is 2.52. The second kappa shape index (κ2) is 4.49. The zero-order valence-electron chi connectivity index (χ0n) is 10.5. The molecule has 0 aliphatic rings. The highest BCUT2D eigenvalue weighted by atomic mass is 127. The third kappa shape index (κ3) is 2.41. The number of thiophene rings is 1. The van der Waals surface area contributed by atoms with Gasteiger partial charge in [-0.2, -0.15) is 0 Å². The first kappa shape index (κ1) is 12.4. The predicted molar refractivity (Wildman–Crippen MR) is 91.1 cm³/mol. The summed E-state index contributed by atoms with van der Waals surface area (Å²) < 4.78 is 3.10. The van der Waals surface area contributed by atoms with Crippen LogP contribution in [-0.4, -0.2) is 3.42 Å². The number of alkyl halides is 1. The monoisotopic (exact) mass is 366 g/mol. The highest BCUT2D eigenvalue weighted by Crippen LogP contribution is 2.35. The van der Waals surface area contributed by atoms with Gasteiger partial charge in [-0.05, 0) is 30.2 Å². The van der Waals surface area contributed by atoms with E-state index in [9.17, 15) is 0 Å². The number of rotatable bonds is 2. The predicted octanol–water partition coefficient (Wildman–Crippen LogP) is 5.81. The Morgan fingerprint density at radius 1 is 1.00 bits per heavy atom. The molecule has 18 heavy (non-hydrogen) atoms. The maximum Gasteiger partial charge on any atom is 0.0355 e. The second-order valence-corrected chi connectivity index (χ2v) is 9.33. The van der Waals surface area contributed by atoms with Crippen molar-refractivity contribution in [3.8, 4) is 0 Å². The van der Waals surface area contributed by atoms with Crippen LogP contribution in [0.3, 0.4) is 0 Å². The van der Waals surface area contributed by atoms with Crippen molar-refractivity contribution in [2.45, 2.75) is 23.7 Å². The molecule has 0 saturated carbocycles. The number of fused-ring (bicyclic) bond motifs is 3. The molecule has 0 bridgehead atoms.